The second-order valence-electron chi connectivity index (χ2n) is 7.91. The molecule has 0 spiro atoms. The number of carbonyl (C=O) groups is 1. The Bertz CT molecular complexity index is 1120. The minimum Gasteiger partial charge on any atom is -0.550 e. The van der Waals surface area contributed by atoms with E-state index in [1.807, 2.05) is 49.4 Å². The minimum atomic E-state index is -1.02. The average molecular weight is 439 g/mol. The third-order valence-electron chi connectivity index (χ3n) is 5.65. The summed E-state index contributed by atoms with van der Waals surface area (Å²) >= 11 is 0. The number of hydrogen-bond acceptors (Lipinski definition) is 5. The van der Waals surface area contributed by atoms with Crippen molar-refractivity contribution in [2.24, 2.45) is 0 Å². The van der Waals surface area contributed by atoms with Gasteiger partial charge in [-0.1, -0.05) is 35.9 Å². The van der Waals surface area contributed by atoms with Crippen LogP contribution in [0.4, 0.5) is 0 Å². The van der Waals surface area contributed by atoms with Crippen molar-refractivity contribution in [1.29, 1.82) is 0 Å². The molecule has 1 heterocycles. The van der Waals surface area contributed by atoms with E-state index in [2.05, 4.69) is 18.0 Å². The van der Waals surface area contributed by atoms with Gasteiger partial charge in [0.2, 0.25) is 5.89 Å². The van der Waals surface area contributed by atoms with Gasteiger partial charge in [-0.3, -0.25) is 0 Å². The molecule has 0 aliphatic heterocycles. The van der Waals surface area contributed by atoms with Crippen LogP contribution in [0.15, 0.2) is 53.0 Å². The van der Waals surface area contributed by atoms with Crippen LogP contribution in [0.2, 0.25) is 0 Å². The van der Waals surface area contributed by atoms with Gasteiger partial charge in [-0.05, 0) is 68.9 Å². The molecule has 160 valence electrons. The van der Waals surface area contributed by atoms with E-state index < -0.39 is 5.97 Å². The Morgan fingerprint density at radius 2 is 1.91 bits per heavy atom. The zero-order valence-electron chi connectivity index (χ0n) is 18.9. The molecule has 6 heteroatoms. The Kier molecular flexibility index (Phi) is 8.35. The molecule has 0 radical (unpaired) electrons. The molecule has 5 nitrogen and oxygen atoms in total. The molecule has 2 aromatic carbocycles. The summed E-state index contributed by atoms with van der Waals surface area (Å²) in [6.45, 7) is 4.48. The van der Waals surface area contributed by atoms with E-state index in [9.17, 15) is 9.90 Å². The number of allylic oxidation sites excluding steroid dienone is 2. The summed E-state index contributed by atoms with van der Waals surface area (Å²) in [5.41, 5.74) is 6.36. The maximum Gasteiger partial charge on any atom is 1.00 e. The predicted octanol–water partition coefficient (Wildman–Crippen LogP) is 1.44. The molecule has 1 aliphatic rings. The summed E-state index contributed by atoms with van der Waals surface area (Å²) in [5.74, 6) is 1.28. The summed E-state index contributed by atoms with van der Waals surface area (Å²) in [7, 11) is 0. The molecule has 1 aliphatic carbocycles. The number of benzene rings is 2. The standard InChI is InChI=1S/C26H27NO4.Na/c1-17-9-11-20(12-10-17)26-27-23(18(2)31-26)15-16-30-24-8-4-6-21-19(13-14-25(28)29)5-3-7-22(21)24;/h4-6,8-12H,3,7,13-16H2,1-2H3,(H,28,29);/q;+1/p-1. The van der Waals surface area contributed by atoms with Gasteiger partial charge in [0.15, 0.2) is 0 Å². The van der Waals surface area contributed by atoms with E-state index in [1.54, 1.807) is 0 Å². The maximum absolute atomic E-state index is 10.9. The average Bonchev–Trinajstić information content (AvgIpc) is 3.13. The monoisotopic (exact) mass is 439 g/mol. The van der Waals surface area contributed by atoms with E-state index in [-0.39, 0.29) is 36.0 Å². The number of ether oxygens (including phenoxy) is 1. The van der Waals surface area contributed by atoms with Crippen LogP contribution in [0.1, 0.15) is 47.4 Å². The van der Waals surface area contributed by atoms with Gasteiger partial charge in [-0.2, -0.15) is 0 Å². The zero-order valence-corrected chi connectivity index (χ0v) is 20.9. The first-order chi connectivity index (χ1) is 15.0. The molecule has 3 aromatic rings. The summed E-state index contributed by atoms with van der Waals surface area (Å²) in [6, 6.07) is 14.1. The van der Waals surface area contributed by atoms with Crippen molar-refractivity contribution in [2.45, 2.75) is 46.0 Å². The number of carboxylic acids is 1. The molecular weight excluding hydrogens is 413 g/mol. The van der Waals surface area contributed by atoms with E-state index in [1.165, 1.54) is 5.56 Å². The third kappa shape index (κ3) is 5.71. The van der Waals surface area contributed by atoms with Crippen LogP contribution < -0.4 is 39.4 Å². The zero-order chi connectivity index (χ0) is 21.8. The number of aromatic nitrogens is 1. The second-order valence-corrected chi connectivity index (χ2v) is 7.91. The van der Waals surface area contributed by atoms with Gasteiger partial charge in [0.25, 0.3) is 0 Å². The van der Waals surface area contributed by atoms with Crippen molar-refractivity contribution in [2.75, 3.05) is 6.61 Å². The maximum atomic E-state index is 10.9. The number of carboxylic acid groups (broad SMARTS) is 1. The number of oxazole rings is 1. The summed E-state index contributed by atoms with van der Waals surface area (Å²) in [6.07, 6.45) is 5.07. The predicted molar refractivity (Wildman–Crippen MR) is 118 cm³/mol. The van der Waals surface area contributed by atoms with Gasteiger partial charge in [-0.25, -0.2) is 4.98 Å². The van der Waals surface area contributed by atoms with Gasteiger partial charge >= 0.3 is 29.6 Å². The SMILES string of the molecule is Cc1ccc(-c2nc(CCOc3cccc4c3CCC=C4CCC(=O)[O-])c(C)o2)cc1.[Na+]. The molecule has 1 aromatic heterocycles. The number of aryl methyl sites for hydroxylation is 2. The Hall–Kier alpha value is -2.34. The molecule has 0 N–H and O–H groups in total. The smallest absolute Gasteiger partial charge is 0.550 e. The number of rotatable bonds is 8. The molecule has 0 fully saturated rings. The first-order valence-corrected chi connectivity index (χ1v) is 10.7. The second kappa shape index (κ2) is 11.0. The van der Waals surface area contributed by atoms with Crippen LogP contribution in [0.25, 0.3) is 17.0 Å². The molecule has 4 rings (SSSR count). The largest absolute Gasteiger partial charge is 1.00 e. The number of hydrogen-bond donors (Lipinski definition) is 0. The van der Waals surface area contributed by atoms with Crippen LogP contribution in [0.5, 0.6) is 5.75 Å². The van der Waals surface area contributed by atoms with E-state index in [4.69, 9.17) is 9.15 Å². The van der Waals surface area contributed by atoms with Crippen LogP contribution in [0, 0.1) is 13.8 Å². The van der Waals surface area contributed by atoms with Gasteiger partial charge in [0.05, 0.1) is 12.3 Å². The van der Waals surface area contributed by atoms with E-state index >= 15 is 0 Å². The molecular formula is C26H26NNaO4. The van der Waals surface area contributed by atoms with Gasteiger partial charge < -0.3 is 19.1 Å². The number of carbonyl (C=O) groups excluding carboxylic acids is 1. The van der Waals surface area contributed by atoms with Crippen LogP contribution >= 0.6 is 0 Å². The van der Waals surface area contributed by atoms with E-state index in [0.29, 0.717) is 25.3 Å². The molecule has 0 bridgehead atoms. The summed E-state index contributed by atoms with van der Waals surface area (Å²) < 4.78 is 12.0. The first-order valence-electron chi connectivity index (χ1n) is 10.7. The van der Waals surface area contributed by atoms with Crippen molar-refractivity contribution in [3.8, 4) is 17.2 Å². The van der Waals surface area contributed by atoms with Gasteiger partial charge in [0.1, 0.15) is 11.5 Å². The molecule has 0 amide bonds. The van der Waals surface area contributed by atoms with Crippen molar-refractivity contribution in [3.05, 3.63) is 76.7 Å². The molecule has 0 saturated heterocycles. The van der Waals surface area contributed by atoms with Crippen molar-refractivity contribution < 1.29 is 48.6 Å². The Morgan fingerprint density at radius 3 is 2.66 bits per heavy atom. The number of nitrogens with zero attached hydrogens (tertiary/aromatic N) is 1. The molecule has 0 atom stereocenters. The Labute approximate surface area is 210 Å². The fourth-order valence-electron chi connectivity index (χ4n) is 3.97. The van der Waals surface area contributed by atoms with E-state index in [0.717, 1.165) is 52.3 Å². The fraction of sp³-hybridized carbons (Fsp3) is 0.308. The van der Waals surface area contributed by atoms with Crippen LogP contribution in [-0.2, 0) is 17.6 Å². The quantitative estimate of drug-likeness (QED) is 0.497. The van der Waals surface area contributed by atoms with Gasteiger partial charge in [0, 0.05) is 23.5 Å². The Morgan fingerprint density at radius 1 is 1.12 bits per heavy atom. The number of fused-ring (bicyclic) bond motifs is 1. The van der Waals surface area contributed by atoms with Crippen molar-refractivity contribution >= 4 is 11.5 Å². The van der Waals surface area contributed by atoms with Gasteiger partial charge in [-0.15, -0.1) is 0 Å². The van der Waals surface area contributed by atoms with Crippen LogP contribution in [-0.4, -0.2) is 17.6 Å². The minimum absolute atomic E-state index is 0. The number of aliphatic carboxylic acids is 1. The molecule has 0 unspecified atom stereocenters. The van der Waals surface area contributed by atoms with Crippen molar-refractivity contribution in [3.63, 3.8) is 0 Å². The van der Waals surface area contributed by atoms with Crippen LogP contribution in [0.3, 0.4) is 0 Å². The fourth-order valence-corrected chi connectivity index (χ4v) is 3.97. The summed E-state index contributed by atoms with van der Waals surface area (Å²) in [5, 5.41) is 10.9. The first kappa shape index (κ1) is 24.3. The normalized spacial score (nSPS) is 12.5. The topological polar surface area (TPSA) is 75.4 Å². The summed E-state index contributed by atoms with van der Waals surface area (Å²) in [4.78, 5) is 15.5. The van der Waals surface area contributed by atoms with Crippen molar-refractivity contribution in [1.82, 2.24) is 4.98 Å². The third-order valence-corrected chi connectivity index (χ3v) is 5.65. The molecule has 0 saturated carbocycles. The Balaban J connectivity index is 0.00000289. The molecule has 32 heavy (non-hydrogen) atoms.